The number of aromatic nitrogens is 2. The van der Waals surface area contributed by atoms with E-state index in [9.17, 15) is 15.2 Å². The molecule has 84 valence electrons. The fraction of sp³-hybridized carbons (Fsp3) is 0.571. The van der Waals surface area contributed by atoms with Gasteiger partial charge in [0.25, 0.3) is 0 Å². The molecule has 6 nitrogen and oxygen atoms in total. The smallest absolute Gasteiger partial charge is 0.344 e. The van der Waals surface area contributed by atoms with Crippen molar-refractivity contribution >= 4 is 29.0 Å². The number of alkyl halides is 2. The maximum Gasteiger partial charge on any atom is 0.344 e. The molecular weight excluding hydrogens is 245 g/mol. The highest BCUT2D eigenvalue weighted by molar-refractivity contribution is 6.22. The summed E-state index contributed by atoms with van der Waals surface area (Å²) in [7, 11) is 0. The molecule has 0 saturated heterocycles. The Bertz CT molecular complexity index is 368. The molecule has 8 heteroatoms. The van der Waals surface area contributed by atoms with Crippen LogP contribution in [0.15, 0.2) is 6.20 Å². The number of aliphatic hydroxyl groups excluding tert-OH is 1. The lowest BCUT2D eigenvalue weighted by Gasteiger charge is -2.13. The highest BCUT2D eigenvalue weighted by Gasteiger charge is 2.29. The lowest BCUT2D eigenvalue weighted by atomic mass is 10.4. The fourth-order valence-electron chi connectivity index (χ4n) is 1.13. The molecule has 2 atom stereocenters. The van der Waals surface area contributed by atoms with Gasteiger partial charge in [0.1, 0.15) is 12.3 Å². The molecule has 15 heavy (non-hydrogen) atoms. The molecule has 1 rings (SSSR count). The Morgan fingerprint density at radius 2 is 2.40 bits per heavy atom. The molecule has 1 aromatic rings. The van der Waals surface area contributed by atoms with Crippen LogP contribution >= 0.6 is 23.2 Å². The summed E-state index contributed by atoms with van der Waals surface area (Å²) in [6.45, 7) is 1.56. The average Bonchev–Trinajstić information content (AvgIpc) is 2.58. The van der Waals surface area contributed by atoms with Gasteiger partial charge >= 0.3 is 5.82 Å². The monoisotopic (exact) mass is 253 g/mol. The van der Waals surface area contributed by atoms with Crippen LogP contribution in [0.4, 0.5) is 5.82 Å². The van der Waals surface area contributed by atoms with Gasteiger partial charge in [0.15, 0.2) is 5.82 Å². The Kier molecular flexibility index (Phi) is 3.90. The standard InChI is InChI=1S/C7H9Cl2N3O3/c1-4-10-3-6(12(14)15)11(4)7(9)5(13)2-8/h3,5,7,13H,2H2,1H3. The largest absolute Gasteiger partial charge is 0.386 e. The topological polar surface area (TPSA) is 81.2 Å². The van der Waals surface area contributed by atoms with E-state index in [1.54, 1.807) is 6.92 Å². The molecule has 1 N–H and O–H groups in total. The van der Waals surface area contributed by atoms with Crippen LogP contribution in [0.2, 0.25) is 0 Å². The van der Waals surface area contributed by atoms with Crippen LogP contribution in [-0.2, 0) is 0 Å². The number of aryl methyl sites for hydroxylation is 1. The van der Waals surface area contributed by atoms with Crippen molar-refractivity contribution in [3.63, 3.8) is 0 Å². The van der Waals surface area contributed by atoms with Gasteiger partial charge in [-0.25, -0.2) is 4.98 Å². The minimum atomic E-state index is -1.07. The van der Waals surface area contributed by atoms with Crippen molar-refractivity contribution in [2.24, 2.45) is 0 Å². The van der Waals surface area contributed by atoms with Crippen molar-refractivity contribution < 1.29 is 10.0 Å². The molecule has 0 saturated carbocycles. The van der Waals surface area contributed by atoms with Gasteiger partial charge in [-0.05, 0) is 4.92 Å². The Morgan fingerprint density at radius 3 is 2.87 bits per heavy atom. The van der Waals surface area contributed by atoms with E-state index in [1.807, 2.05) is 0 Å². The predicted octanol–water partition coefficient (Wildman–Crippen LogP) is 1.44. The van der Waals surface area contributed by atoms with Gasteiger partial charge in [0, 0.05) is 6.92 Å². The van der Waals surface area contributed by atoms with E-state index < -0.39 is 16.5 Å². The van der Waals surface area contributed by atoms with Crippen LogP contribution in [0.1, 0.15) is 11.3 Å². The van der Waals surface area contributed by atoms with E-state index >= 15 is 0 Å². The molecule has 2 unspecified atom stereocenters. The first-order valence-electron chi connectivity index (χ1n) is 4.05. The zero-order chi connectivity index (χ0) is 11.6. The van der Waals surface area contributed by atoms with Gasteiger partial charge in [-0.1, -0.05) is 11.6 Å². The Labute approximate surface area is 95.6 Å². The van der Waals surface area contributed by atoms with Crippen LogP contribution in [0.5, 0.6) is 0 Å². The van der Waals surface area contributed by atoms with Gasteiger partial charge in [0.2, 0.25) is 5.50 Å². The van der Waals surface area contributed by atoms with Crippen LogP contribution in [0.25, 0.3) is 0 Å². The number of halogens is 2. The Hall–Kier alpha value is -0.850. The number of aliphatic hydroxyl groups is 1. The summed E-state index contributed by atoms with van der Waals surface area (Å²) in [5.41, 5.74) is -0.995. The maximum absolute atomic E-state index is 10.6. The molecule has 0 aliphatic carbocycles. The van der Waals surface area contributed by atoms with Crippen LogP contribution in [0.3, 0.4) is 0 Å². The van der Waals surface area contributed by atoms with Gasteiger partial charge < -0.3 is 15.2 Å². The quantitative estimate of drug-likeness (QED) is 0.500. The third-order valence-corrected chi connectivity index (χ3v) is 2.67. The molecule has 0 fully saturated rings. The predicted molar refractivity (Wildman–Crippen MR) is 55.2 cm³/mol. The van der Waals surface area contributed by atoms with E-state index in [0.29, 0.717) is 5.82 Å². The number of nitro groups is 1. The molecular formula is C7H9Cl2N3O3. The van der Waals surface area contributed by atoms with E-state index in [2.05, 4.69) is 4.98 Å². The number of nitrogens with zero attached hydrogens (tertiary/aromatic N) is 3. The summed E-state index contributed by atoms with van der Waals surface area (Å²) >= 11 is 11.2. The molecule has 0 aromatic carbocycles. The summed E-state index contributed by atoms with van der Waals surface area (Å²) in [6.07, 6.45) is 0.0194. The highest BCUT2D eigenvalue weighted by atomic mass is 35.5. The SMILES string of the molecule is Cc1ncc([N+](=O)[O-])n1C(Cl)C(O)CCl. The summed E-state index contributed by atoms with van der Waals surface area (Å²) in [6, 6.07) is 0. The Balaban J connectivity index is 3.11. The van der Waals surface area contributed by atoms with Gasteiger partial charge in [0.05, 0.1) is 5.88 Å². The molecule has 1 aromatic heterocycles. The lowest BCUT2D eigenvalue weighted by Crippen LogP contribution is -2.23. The van der Waals surface area contributed by atoms with E-state index in [1.165, 1.54) is 0 Å². The zero-order valence-corrected chi connectivity index (χ0v) is 9.31. The molecule has 1 heterocycles. The molecule has 0 radical (unpaired) electrons. The van der Waals surface area contributed by atoms with Crippen molar-refractivity contribution in [3.05, 3.63) is 22.1 Å². The number of hydrogen-bond acceptors (Lipinski definition) is 4. The van der Waals surface area contributed by atoms with Crippen LogP contribution in [0, 0.1) is 17.0 Å². The summed E-state index contributed by atoms with van der Waals surface area (Å²) in [5, 5.41) is 20.0. The first-order valence-corrected chi connectivity index (χ1v) is 5.02. The number of imidazole rings is 1. The summed E-state index contributed by atoms with van der Waals surface area (Å²) < 4.78 is 1.13. The summed E-state index contributed by atoms with van der Waals surface area (Å²) in [4.78, 5) is 13.8. The van der Waals surface area contributed by atoms with Crippen molar-refractivity contribution in [2.45, 2.75) is 18.5 Å². The van der Waals surface area contributed by atoms with Gasteiger partial charge in [-0.3, -0.25) is 0 Å². The third kappa shape index (κ3) is 2.39. The lowest BCUT2D eigenvalue weighted by molar-refractivity contribution is -0.392. The van der Waals surface area contributed by atoms with E-state index in [4.69, 9.17) is 23.2 Å². The van der Waals surface area contributed by atoms with Gasteiger partial charge in [-0.15, -0.1) is 11.6 Å². The third-order valence-electron chi connectivity index (χ3n) is 1.87. The molecule has 0 aliphatic heterocycles. The Morgan fingerprint density at radius 1 is 1.80 bits per heavy atom. The minimum absolute atomic E-state index is 0.108. The van der Waals surface area contributed by atoms with E-state index in [-0.39, 0.29) is 11.7 Å². The first kappa shape index (κ1) is 12.2. The molecule has 0 amide bonds. The zero-order valence-electron chi connectivity index (χ0n) is 7.80. The van der Waals surface area contributed by atoms with Crippen molar-refractivity contribution in [1.82, 2.24) is 9.55 Å². The van der Waals surface area contributed by atoms with Crippen molar-refractivity contribution in [1.29, 1.82) is 0 Å². The average molecular weight is 254 g/mol. The van der Waals surface area contributed by atoms with Crippen LogP contribution < -0.4 is 0 Å². The minimum Gasteiger partial charge on any atom is -0.386 e. The second-order valence-electron chi connectivity index (χ2n) is 2.89. The van der Waals surface area contributed by atoms with Crippen LogP contribution in [-0.4, -0.2) is 31.6 Å². The summed E-state index contributed by atoms with van der Waals surface area (Å²) in [5.74, 6) is -0.0225. The number of rotatable bonds is 4. The molecule has 0 bridgehead atoms. The normalized spacial score (nSPS) is 14.9. The molecule has 0 spiro atoms. The second kappa shape index (κ2) is 4.78. The maximum atomic E-state index is 10.6. The first-order chi connectivity index (χ1) is 6.99. The van der Waals surface area contributed by atoms with Gasteiger partial charge in [-0.2, -0.15) is 4.57 Å². The van der Waals surface area contributed by atoms with Crippen molar-refractivity contribution in [3.8, 4) is 0 Å². The fourth-order valence-corrected chi connectivity index (χ4v) is 1.72. The van der Waals surface area contributed by atoms with Crippen molar-refractivity contribution in [2.75, 3.05) is 5.88 Å². The van der Waals surface area contributed by atoms with E-state index in [0.717, 1.165) is 10.8 Å². The highest BCUT2D eigenvalue weighted by Crippen LogP contribution is 2.26. The number of hydrogen-bond donors (Lipinski definition) is 1. The molecule has 0 aliphatic rings. The second-order valence-corrected chi connectivity index (χ2v) is 3.64.